The molecule has 0 radical (unpaired) electrons. The molecule has 3 aromatic rings. The Morgan fingerprint density at radius 3 is 2.52 bits per heavy atom. The van der Waals surface area contributed by atoms with Crippen molar-refractivity contribution in [1.82, 2.24) is 9.59 Å². The highest BCUT2D eigenvalue weighted by atomic mass is 32.1. The predicted molar refractivity (Wildman–Crippen MR) is 90.6 cm³/mol. The second-order valence-corrected chi connectivity index (χ2v) is 5.79. The van der Waals surface area contributed by atoms with Crippen molar-refractivity contribution in [3.63, 3.8) is 0 Å². The average Bonchev–Trinajstić information content (AvgIpc) is 3.09. The molecule has 0 aliphatic carbocycles. The molecular formula is C17H15N3O2S. The summed E-state index contributed by atoms with van der Waals surface area (Å²) >= 11 is 1.33. The van der Waals surface area contributed by atoms with Crippen molar-refractivity contribution in [2.75, 3.05) is 11.9 Å². The molecule has 0 saturated heterocycles. The minimum atomic E-state index is -0.196. The molecule has 0 fully saturated rings. The lowest BCUT2D eigenvalue weighted by Gasteiger charge is -2.08. The lowest BCUT2D eigenvalue weighted by molar-refractivity contribution is -0.118. The van der Waals surface area contributed by atoms with Gasteiger partial charge in [-0.1, -0.05) is 34.3 Å². The third-order valence-electron chi connectivity index (χ3n) is 3.21. The van der Waals surface area contributed by atoms with Crippen LogP contribution in [0.2, 0.25) is 0 Å². The van der Waals surface area contributed by atoms with Gasteiger partial charge in [0, 0.05) is 5.69 Å². The molecule has 1 amide bonds. The summed E-state index contributed by atoms with van der Waals surface area (Å²) in [5.74, 6) is 0.483. The fourth-order valence-corrected chi connectivity index (χ4v) is 2.51. The summed E-state index contributed by atoms with van der Waals surface area (Å²) in [4.78, 5) is 12.9. The zero-order valence-corrected chi connectivity index (χ0v) is 13.3. The number of ether oxygens (including phenoxy) is 1. The highest BCUT2D eigenvalue weighted by molar-refractivity contribution is 7.09. The Balaban J connectivity index is 1.54. The highest BCUT2D eigenvalue weighted by Crippen LogP contribution is 2.23. The Morgan fingerprint density at radius 2 is 1.87 bits per heavy atom. The summed E-state index contributed by atoms with van der Waals surface area (Å²) < 4.78 is 9.28. The lowest BCUT2D eigenvalue weighted by atomic mass is 10.2. The Morgan fingerprint density at radius 1 is 1.13 bits per heavy atom. The zero-order valence-electron chi connectivity index (χ0n) is 12.5. The first-order chi connectivity index (χ1) is 11.2. The van der Waals surface area contributed by atoms with Crippen LogP contribution in [0.5, 0.6) is 5.75 Å². The van der Waals surface area contributed by atoms with Crippen LogP contribution in [0.1, 0.15) is 5.56 Å². The maximum atomic E-state index is 11.9. The molecule has 0 atom stereocenters. The molecule has 0 bridgehead atoms. The molecule has 0 aliphatic rings. The van der Waals surface area contributed by atoms with Crippen LogP contribution in [0.4, 0.5) is 5.69 Å². The first-order valence-corrected chi connectivity index (χ1v) is 7.85. The SMILES string of the molecule is Cc1ccc(OCC(=O)Nc2ccc(-c3cnns3)cc2)cc1. The molecule has 0 unspecified atom stereocenters. The van der Waals surface area contributed by atoms with Crippen molar-refractivity contribution in [3.8, 4) is 16.2 Å². The van der Waals surface area contributed by atoms with Crippen LogP contribution in [-0.2, 0) is 4.79 Å². The molecule has 1 N–H and O–H groups in total. The molecule has 116 valence electrons. The second kappa shape index (κ2) is 7.02. The van der Waals surface area contributed by atoms with E-state index in [0.717, 1.165) is 21.7 Å². The Bertz CT molecular complexity index is 769. The molecule has 6 heteroatoms. The van der Waals surface area contributed by atoms with Gasteiger partial charge in [-0.15, -0.1) is 5.10 Å². The number of hydrogen-bond donors (Lipinski definition) is 1. The van der Waals surface area contributed by atoms with E-state index in [0.29, 0.717) is 5.75 Å². The van der Waals surface area contributed by atoms with Crippen LogP contribution in [0.25, 0.3) is 10.4 Å². The molecule has 3 rings (SSSR count). The van der Waals surface area contributed by atoms with Crippen molar-refractivity contribution in [3.05, 3.63) is 60.3 Å². The quantitative estimate of drug-likeness (QED) is 0.779. The van der Waals surface area contributed by atoms with Crippen molar-refractivity contribution < 1.29 is 9.53 Å². The van der Waals surface area contributed by atoms with E-state index < -0.39 is 0 Å². The largest absolute Gasteiger partial charge is 0.484 e. The molecule has 0 aliphatic heterocycles. The van der Waals surface area contributed by atoms with E-state index in [1.54, 1.807) is 6.20 Å². The first kappa shape index (κ1) is 15.2. The van der Waals surface area contributed by atoms with Gasteiger partial charge >= 0.3 is 0 Å². The number of rotatable bonds is 5. The van der Waals surface area contributed by atoms with E-state index >= 15 is 0 Å². The number of nitrogens with one attached hydrogen (secondary N) is 1. The molecule has 5 nitrogen and oxygen atoms in total. The second-order valence-electron chi connectivity index (χ2n) is 5.01. The maximum Gasteiger partial charge on any atom is 0.262 e. The number of anilines is 1. The van der Waals surface area contributed by atoms with E-state index in [4.69, 9.17) is 4.74 Å². The number of aryl methyl sites for hydroxylation is 1. The summed E-state index contributed by atoms with van der Waals surface area (Å²) in [5, 5.41) is 6.61. The van der Waals surface area contributed by atoms with Gasteiger partial charge in [0.25, 0.3) is 5.91 Å². The van der Waals surface area contributed by atoms with Crippen molar-refractivity contribution in [2.24, 2.45) is 0 Å². The standard InChI is InChI=1S/C17H15N3O2S/c1-12-2-8-15(9-3-12)22-11-17(21)19-14-6-4-13(5-7-14)16-10-18-20-23-16/h2-10H,11H2,1H3,(H,19,21). The third kappa shape index (κ3) is 4.14. The number of hydrogen-bond acceptors (Lipinski definition) is 5. The number of amides is 1. The summed E-state index contributed by atoms with van der Waals surface area (Å²) in [5.41, 5.74) is 2.90. The topological polar surface area (TPSA) is 64.1 Å². The number of carbonyl (C=O) groups is 1. The van der Waals surface area contributed by atoms with Crippen LogP contribution in [-0.4, -0.2) is 22.1 Å². The van der Waals surface area contributed by atoms with Crippen molar-refractivity contribution >= 4 is 23.1 Å². The van der Waals surface area contributed by atoms with Gasteiger partial charge < -0.3 is 10.1 Å². The lowest BCUT2D eigenvalue weighted by Crippen LogP contribution is -2.20. The van der Waals surface area contributed by atoms with Gasteiger partial charge in [-0.25, -0.2) is 0 Å². The van der Waals surface area contributed by atoms with E-state index in [1.165, 1.54) is 11.5 Å². The van der Waals surface area contributed by atoms with E-state index in [1.807, 2.05) is 55.5 Å². The zero-order chi connectivity index (χ0) is 16.1. The van der Waals surface area contributed by atoms with Gasteiger partial charge in [-0.3, -0.25) is 4.79 Å². The summed E-state index contributed by atoms with van der Waals surface area (Å²) in [6.45, 7) is 1.98. The van der Waals surface area contributed by atoms with Crippen LogP contribution in [0, 0.1) is 6.92 Å². The van der Waals surface area contributed by atoms with Gasteiger partial charge in [0.15, 0.2) is 6.61 Å². The minimum absolute atomic E-state index is 0.0242. The Kier molecular flexibility index (Phi) is 4.63. The number of nitrogens with zero attached hydrogens (tertiary/aromatic N) is 2. The van der Waals surface area contributed by atoms with Crippen LogP contribution in [0.3, 0.4) is 0 Å². The monoisotopic (exact) mass is 325 g/mol. The fourth-order valence-electron chi connectivity index (χ4n) is 1.99. The van der Waals surface area contributed by atoms with Gasteiger partial charge in [0.2, 0.25) is 0 Å². The maximum absolute atomic E-state index is 11.9. The van der Waals surface area contributed by atoms with Crippen LogP contribution in [0.15, 0.2) is 54.7 Å². The van der Waals surface area contributed by atoms with Gasteiger partial charge in [0.05, 0.1) is 11.1 Å². The molecular weight excluding hydrogens is 310 g/mol. The van der Waals surface area contributed by atoms with Gasteiger partial charge in [0.1, 0.15) is 5.75 Å². The fraction of sp³-hybridized carbons (Fsp3) is 0.118. The van der Waals surface area contributed by atoms with E-state index in [2.05, 4.69) is 14.9 Å². The van der Waals surface area contributed by atoms with Gasteiger partial charge in [-0.05, 0) is 48.3 Å². The number of benzene rings is 2. The number of carbonyl (C=O) groups excluding carboxylic acids is 1. The highest BCUT2D eigenvalue weighted by Gasteiger charge is 2.05. The van der Waals surface area contributed by atoms with Crippen LogP contribution >= 0.6 is 11.5 Å². The van der Waals surface area contributed by atoms with E-state index in [9.17, 15) is 4.79 Å². The molecule has 23 heavy (non-hydrogen) atoms. The third-order valence-corrected chi connectivity index (χ3v) is 3.92. The smallest absolute Gasteiger partial charge is 0.262 e. The molecule has 0 spiro atoms. The Hall–Kier alpha value is -2.73. The molecule has 0 saturated carbocycles. The molecule has 2 aromatic carbocycles. The average molecular weight is 325 g/mol. The normalized spacial score (nSPS) is 10.3. The summed E-state index contributed by atoms with van der Waals surface area (Å²) in [7, 11) is 0. The first-order valence-electron chi connectivity index (χ1n) is 7.08. The predicted octanol–water partition coefficient (Wildman–Crippen LogP) is 3.53. The van der Waals surface area contributed by atoms with E-state index in [-0.39, 0.29) is 12.5 Å². The summed E-state index contributed by atoms with van der Waals surface area (Å²) in [6.07, 6.45) is 1.72. The minimum Gasteiger partial charge on any atom is -0.484 e. The van der Waals surface area contributed by atoms with Crippen LogP contribution < -0.4 is 10.1 Å². The molecule has 1 heterocycles. The Labute approximate surface area is 138 Å². The summed E-state index contributed by atoms with van der Waals surface area (Å²) in [6, 6.07) is 15.1. The molecule has 1 aromatic heterocycles. The van der Waals surface area contributed by atoms with Gasteiger partial charge in [-0.2, -0.15) is 0 Å². The van der Waals surface area contributed by atoms with Crippen molar-refractivity contribution in [1.29, 1.82) is 0 Å². The number of aromatic nitrogens is 2. The van der Waals surface area contributed by atoms with Crippen molar-refractivity contribution in [2.45, 2.75) is 6.92 Å².